The largest absolute Gasteiger partial charge is 0.394 e. The average Bonchev–Trinajstić information content (AvgIpc) is 2.96. The molecule has 0 aromatic rings. The van der Waals surface area contributed by atoms with E-state index in [1.807, 2.05) is 0 Å². The Morgan fingerprint density at radius 2 is 1.75 bits per heavy atom. The van der Waals surface area contributed by atoms with Crippen LogP contribution in [0.15, 0.2) is 12.2 Å². The van der Waals surface area contributed by atoms with Crippen LogP contribution in [0.25, 0.3) is 0 Å². The molecule has 0 bridgehead atoms. The minimum atomic E-state index is -1.00. The molecule has 0 saturated carbocycles. The van der Waals surface area contributed by atoms with Gasteiger partial charge in [0.05, 0.1) is 13.2 Å². The zero-order valence-corrected chi connectivity index (χ0v) is 15.1. The highest BCUT2D eigenvalue weighted by atomic mass is 16.6. The van der Waals surface area contributed by atoms with Gasteiger partial charge in [0, 0.05) is 6.61 Å². The van der Waals surface area contributed by atoms with E-state index >= 15 is 0 Å². The summed E-state index contributed by atoms with van der Waals surface area (Å²) in [5, 5.41) is 28.5. The van der Waals surface area contributed by atoms with Crippen LogP contribution in [0, 0.1) is 0 Å². The molecule has 1 aliphatic rings. The molecule has 24 heavy (non-hydrogen) atoms. The number of hydrogen-bond donors (Lipinski definition) is 3. The summed E-state index contributed by atoms with van der Waals surface area (Å²) in [5.74, 6) is 0. The predicted molar refractivity (Wildman–Crippen MR) is 94.9 cm³/mol. The fourth-order valence-corrected chi connectivity index (χ4v) is 2.94. The van der Waals surface area contributed by atoms with Gasteiger partial charge < -0.3 is 24.8 Å². The molecule has 5 heteroatoms. The Morgan fingerprint density at radius 1 is 1.08 bits per heavy atom. The number of aliphatic hydroxyl groups excluding tert-OH is 3. The molecule has 142 valence electrons. The van der Waals surface area contributed by atoms with Crippen molar-refractivity contribution < 1.29 is 24.8 Å². The summed E-state index contributed by atoms with van der Waals surface area (Å²) < 4.78 is 11.0. The molecule has 3 N–H and O–H groups in total. The van der Waals surface area contributed by atoms with Crippen LogP contribution in [0.5, 0.6) is 0 Å². The summed E-state index contributed by atoms with van der Waals surface area (Å²) in [5.41, 5.74) is 0. The number of rotatable bonds is 14. The first kappa shape index (κ1) is 21.6. The van der Waals surface area contributed by atoms with Crippen molar-refractivity contribution in [1.29, 1.82) is 0 Å². The highest BCUT2D eigenvalue weighted by molar-refractivity contribution is 4.89. The van der Waals surface area contributed by atoms with E-state index in [1.165, 1.54) is 38.5 Å². The first-order valence-electron chi connectivity index (χ1n) is 9.55. The van der Waals surface area contributed by atoms with Crippen molar-refractivity contribution in [3.8, 4) is 0 Å². The summed E-state index contributed by atoms with van der Waals surface area (Å²) in [6, 6.07) is 0. The summed E-state index contributed by atoms with van der Waals surface area (Å²) >= 11 is 0. The maximum atomic E-state index is 9.83. The van der Waals surface area contributed by atoms with E-state index in [0.717, 1.165) is 19.3 Å². The number of allylic oxidation sites excluding steroid dienone is 2. The first-order valence-corrected chi connectivity index (χ1v) is 9.55. The third-order valence-corrected chi connectivity index (χ3v) is 4.45. The Bertz CT molecular complexity index is 321. The number of ether oxygens (including phenoxy) is 2. The first-order chi connectivity index (χ1) is 11.7. The molecular formula is C19H36O5. The van der Waals surface area contributed by atoms with Gasteiger partial charge in [-0.1, -0.05) is 44.8 Å². The van der Waals surface area contributed by atoms with Crippen LogP contribution in [0.2, 0.25) is 0 Å². The second-order valence-corrected chi connectivity index (χ2v) is 6.62. The van der Waals surface area contributed by atoms with Crippen LogP contribution in [0.4, 0.5) is 0 Å². The summed E-state index contributed by atoms with van der Waals surface area (Å²) in [7, 11) is 0. The lowest BCUT2D eigenvalue weighted by Crippen LogP contribution is -2.42. The fraction of sp³-hybridized carbons (Fsp3) is 0.895. The molecule has 1 fully saturated rings. The van der Waals surface area contributed by atoms with E-state index in [2.05, 4.69) is 19.1 Å². The molecule has 1 rings (SSSR count). The van der Waals surface area contributed by atoms with E-state index < -0.39 is 24.4 Å². The van der Waals surface area contributed by atoms with E-state index in [9.17, 15) is 10.2 Å². The van der Waals surface area contributed by atoms with Crippen LogP contribution in [0.3, 0.4) is 0 Å². The Morgan fingerprint density at radius 3 is 2.42 bits per heavy atom. The second-order valence-electron chi connectivity index (χ2n) is 6.62. The van der Waals surface area contributed by atoms with Crippen molar-refractivity contribution >= 4 is 0 Å². The third kappa shape index (κ3) is 8.58. The highest BCUT2D eigenvalue weighted by Crippen LogP contribution is 2.21. The molecule has 1 saturated heterocycles. The Hall–Kier alpha value is -0.460. The van der Waals surface area contributed by atoms with Gasteiger partial charge in [0.2, 0.25) is 0 Å². The molecule has 1 aliphatic heterocycles. The van der Waals surface area contributed by atoms with Crippen molar-refractivity contribution in [3.05, 3.63) is 12.2 Å². The topological polar surface area (TPSA) is 79.2 Å². The van der Waals surface area contributed by atoms with Gasteiger partial charge in [-0.2, -0.15) is 0 Å². The summed E-state index contributed by atoms with van der Waals surface area (Å²) in [6.45, 7) is 2.54. The van der Waals surface area contributed by atoms with Gasteiger partial charge >= 0.3 is 0 Å². The minimum absolute atomic E-state index is 0.150. The minimum Gasteiger partial charge on any atom is -0.394 e. The van der Waals surface area contributed by atoms with Crippen LogP contribution in [-0.4, -0.2) is 59.6 Å². The smallest absolute Gasteiger partial charge is 0.114 e. The lowest BCUT2D eigenvalue weighted by molar-refractivity contribution is -0.0938. The van der Waals surface area contributed by atoms with Crippen LogP contribution >= 0.6 is 0 Å². The number of hydrogen-bond acceptors (Lipinski definition) is 5. The summed E-state index contributed by atoms with van der Waals surface area (Å²) in [6.07, 6.45) is 12.3. The lowest BCUT2D eigenvalue weighted by atomic mass is 10.1. The maximum absolute atomic E-state index is 9.83. The van der Waals surface area contributed by atoms with Crippen LogP contribution in [-0.2, 0) is 9.47 Å². The zero-order chi connectivity index (χ0) is 17.6. The molecule has 0 aliphatic carbocycles. The number of aliphatic hydroxyl groups is 3. The quantitative estimate of drug-likeness (QED) is 0.333. The molecule has 0 aromatic carbocycles. The van der Waals surface area contributed by atoms with E-state index in [4.69, 9.17) is 14.6 Å². The van der Waals surface area contributed by atoms with Gasteiger partial charge in [0.1, 0.15) is 24.4 Å². The molecule has 0 radical (unpaired) electrons. The van der Waals surface area contributed by atoms with E-state index in [-0.39, 0.29) is 13.2 Å². The third-order valence-electron chi connectivity index (χ3n) is 4.45. The van der Waals surface area contributed by atoms with E-state index in [0.29, 0.717) is 6.61 Å². The van der Waals surface area contributed by atoms with E-state index in [1.54, 1.807) is 0 Å². The fourth-order valence-electron chi connectivity index (χ4n) is 2.94. The van der Waals surface area contributed by atoms with Gasteiger partial charge in [0.25, 0.3) is 0 Å². The molecule has 0 spiro atoms. The van der Waals surface area contributed by atoms with Gasteiger partial charge in [0.15, 0.2) is 0 Å². The Labute approximate surface area is 146 Å². The summed E-state index contributed by atoms with van der Waals surface area (Å²) in [4.78, 5) is 0. The number of unbranched alkanes of at least 4 members (excludes halogenated alkanes) is 7. The van der Waals surface area contributed by atoms with Gasteiger partial charge in [-0.05, 0) is 32.1 Å². The molecule has 0 unspecified atom stereocenters. The monoisotopic (exact) mass is 344 g/mol. The van der Waals surface area contributed by atoms with Crippen molar-refractivity contribution in [1.82, 2.24) is 0 Å². The molecule has 5 nitrogen and oxygen atoms in total. The lowest BCUT2D eigenvalue weighted by Gasteiger charge is -2.23. The molecule has 0 amide bonds. The average molecular weight is 344 g/mol. The molecule has 1 heterocycles. The van der Waals surface area contributed by atoms with Crippen LogP contribution < -0.4 is 0 Å². The van der Waals surface area contributed by atoms with Crippen LogP contribution in [0.1, 0.15) is 64.7 Å². The molecule has 4 atom stereocenters. The van der Waals surface area contributed by atoms with Crippen molar-refractivity contribution in [2.24, 2.45) is 0 Å². The highest BCUT2D eigenvalue weighted by Gasteiger charge is 2.40. The normalized spacial score (nSPS) is 25.6. The van der Waals surface area contributed by atoms with Gasteiger partial charge in [-0.15, -0.1) is 0 Å². The van der Waals surface area contributed by atoms with Crippen molar-refractivity contribution in [2.75, 3.05) is 19.8 Å². The second kappa shape index (κ2) is 13.8. The van der Waals surface area contributed by atoms with Crippen molar-refractivity contribution in [2.45, 2.75) is 89.1 Å². The molecule has 0 aromatic heterocycles. The van der Waals surface area contributed by atoms with Gasteiger partial charge in [-0.3, -0.25) is 0 Å². The predicted octanol–water partition coefficient (Wildman–Crippen LogP) is 2.57. The zero-order valence-electron chi connectivity index (χ0n) is 15.1. The maximum Gasteiger partial charge on any atom is 0.114 e. The standard InChI is InChI=1S/C19H36O5/c1-2-3-4-5-6-7-8-9-10-11-12-13-23-19-17(22)15-24-18(19)16(21)14-20/h6-7,16-22H,2-5,8-15H2,1H3/b7-6+/t16-,17+,18+,19+/m0/s1. The SMILES string of the molecule is CCCCC/C=C/CCCCCCO[C@H]1[C@@H]([C@@H](O)CO)OC[C@H]1O. The van der Waals surface area contributed by atoms with Gasteiger partial charge in [-0.25, -0.2) is 0 Å². The Kier molecular flexibility index (Phi) is 12.4. The molecular weight excluding hydrogens is 308 g/mol. The van der Waals surface area contributed by atoms with Crippen molar-refractivity contribution in [3.63, 3.8) is 0 Å². The Balaban J connectivity index is 1.99.